The zero-order valence-corrected chi connectivity index (χ0v) is 11.1. The number of carbonyl (C=O) groups excluding carboxylic acids is 1. The number of ether oxygens (including phenoxy) is 1. The first-order valence-corrected chi connectivity index (χ1v) is 7.10. The van der Waals surface area contributed by atoms with Gasteiger partial charge < -0.3 is 20.3 Å². The van der Waals surface area contributed by atoms with Gasteiger partial charge in [-0.2, -0.15) is 0 Å². The van der Waals surface area contributed by atoms with E-state index in [9.17, 15) is 4.79 Å². The first-order valence-electron chi connectivity index (χ1n) is 7.10. The van der Waals surface area contributed by atoms with Crippen LogP contribution in [0.5, 0.6) is 0 Å². The van der Waals surface area contributed by atoms with Crippen molar-refractivity contribution in [3.63, 3.8) is 0 Å². The van der Waals surface area contributed by atoms with Crippen molar-refractivity contribution in [2.45, 2.75) is 19.3 Å². The summed E-state index contributed by atoms with van der Waals surface area (Å²) < 4.78 is 5.32. The molecule has 2 aliphatic rings. The maximum atomic E-state index is 12.4. The molecule has 0 atom stereocenters. The third kappa shape index (κ3) is 3.67. The number of carbonyl (C=O) groups is 1. The summed E-state index contributed by atoms with van der Waals surface area (Å²) in [5, 5.41) is 0. The minimum Gasteiger partial charge on any atom is -0.381 e. The second-order valence-corrected chi connectivity index (χ2v) is 5.20. The van der Waals surface area contributed by atoms with Crippen molar-refractivity contribution in [1.29, 1.82) is 0 Å². The van der Waals surface area contributed by atoms with Crippen LogP contribution in [-0.4, -0.2) is 68.2 Å². The van der Waals surface area contributed by atoms with Gasteiger partial charge in [0.05, 0.1) is 0 Å². The smallest absolute Gasteiger partial charge is 0.225 e. The number of nitrogens with zero attached hydrogens (tertiary/aromatic N) is 2. The predicted molar refractivity (Wildman–Crippen MR) is 70.2 cm³/mol. The van der Waals surface area contributed by atoms with E-state index in [0.29, 0.717) is 12.5 Å². The van der Waals surface area contributed by atoms with Gasteiger partial charge in [-0.15, -0.1) is 0 Å². The van der Waals surface area contributed by atoms with Crippen LogP contribution in [0.1, 0.15) is 19.3 Å². The zero-order chi connectivity index (χ0) is 12.8. The zero-order valence-electron chi connectivity index (χ0n) is 11.1. The Hall–Kier alpha value is -0.650. The van der Waals surface area contributed by atoms with Crippen LogP contribution in [0, 0.1) is 5.92 Å². The molecule has 18 heavy (non-hydrogen) atoms. The number of hydrogen-bond acceptors (Lipinski definition) is 4. The lowest BCUT2D eigenvalue weighted by Gasteiger charge is -2.28. The van der Waals surface area contributed by atoms with E-state index in [1.807, 2.05) is 4.90 Å². The van der Waals surface area contributed by atoms with Crippen molar-refractivity contribution in [3.05, 3.63) is 0 Å². The van der Waals surface area contributed by atoms with Crippen LogP contribution in [0.15, 0.2) is 0 Å². The molecule has 5 heteroatoms. The SMILES string of the molecule is NCCN1CCCN(C(=O)C2CCOCC2)CC1. The molecule has 0 spiro atoms. The summed E-state index contributed by atoms with van der Waals surface area (Å²) in [6, 6.07) is 0. The fraction of sp³-hybridized carbons (Fsp3) is 0.923. The quantitative estimate of drug-likeness (QED) is 0.765. The Kier molecular flexibility index (Phi) is 5.41. The van der Waals surface area contributed by atoms with Crippen LogP contribution in [-0.2, 0) is 9.53 Å². The van der Waals surface area contributed by atoms with E-state index < -0.39 is 0 Å². The van der Waals surface area contributed by atoms with E-state index >= 15 is 0 Å². The summed E-state index contributed by atoms with van der Waals surface area (Å²) in [4.78, 5) is 16.8. The molecule has 0 aromatic rings. The molecule has 0 aliphatic carbocycles. The van der Waals surface area contributed by atoms with Crippen LogP contribution in [0.4, 0.5) is 0 Å². The predicted octanol–water partition coefficient (Wildman–Crippen LogP) is -0.0940. The van der Waals surface area contributed by atoms with E-state index in [1.54, 1.807) is 0 Å². The van der Waals surface area contributed by atoms with Crippen molar-refractivity contribution in [2.24, 2.45) is 11.7 Å². The van der Waals surface area contributed by atoms with Crippen molar-refractivity contribution in [1.82, 2.24) is 9.80 Å². The van der Waals surface area contributed by atoms with Crippen LogP contribution < -0.4 is 5.73 Å². The lowest BCUT2D eigenvalue weighted by atomic mass is 9.98. The van der Waals surface area contributed by atoms with E-state index in [-0.39, 0.29) is 5.92 Å². The molecule has 0 aromatic carbocycles. The van der Waals surface area contributed by atoms with Crippen molar-refractivity contribution >= 4 is 5.91 Å². The molecule has 1 amide bonds. The molecule has 0 saturated carbocycles. The van der Waals surface area contributed by atoms with Gasteiger partial charge in [0.2, 0.25) is 5.91 Å². The standard InChI is InChI=1S/C13H25N3O2/c14-4-7-15-5-1-6-16(9-8-15)13(17)12-2-10-18-11-3-12/h12H,1-11,14H2. The maximum Gasteiger partial charge on any atom is 0.225 e. The van der Waals surface area contributed by atoms with Crippen LogP contribution in [0.2, 0.25) is 0 Å². The van der Waals surface area contributed by atoms with Gasteiger partial charge in [-0.25, -0.2) is 0 Å². The highest BCUT2D eigenvalue weighted by atomic mass is 16.5. The molecule has 0 aromatic heterocycles. The largest absolute Gasteiger partial charge is 0.381 e. The Morgan fingerprint density at radius 1 is 1.17 bits per heavy atom. The highest BCUT2D eigenvalue weighted by Crippen LogP contribution is 2.18. The monoisotopic (exact) mass is 255 g/mol. The second kappa shape index (κ2) is 7.07. The lowest BCUT2D eigenvalue weighted by Crippen LogP contribution is -2.41. The molecule has 0 bridgehead atoms. The molecule has 0 radical (unpaired) electrons. The molecule has 2 N–H and O–H groups in total. The number of nitrogens with two attached hydrogens (primary N) is 1. The first kappa shape index (κ1) is 13.8. The highest BCUT2D eigenvalue weighted by Gasteiger charge is 2.27. The van der Waals surface area contributed by atoms with Gasteiger partial charge in [-0.1, -0.05) is 0 Å². The number of amides is 1. The molecule has 2 saturated heterocycles. The third-order valence-corrected chi connectivity index (χ3v) is 3.92. The summed E-state index contributed by atoms with van der Waals surface area (Å²) in [5.41, 5.74) is 5.59. The normalized spacial score (nSPS) is 23.9. The molecule has 0 unspecified atom stereocenters. The van der Waals surface area contributed by atoms with Gasteiger partial charge in [-0.3, -0.25) is 4.79 Å². The molecular formula is C13H25N3O2. The molecule has 2 heterocycles. The highest BCUT2D eigenvalue weighted by molar-refractivity contribution is 5.79. The van der Waals surface area contributed by atoms with Gasteiger partial charge in [0.25, 0.3) is 0 Å². The molecular weight excluding hydrogens is 230 g/mol. The van der Waals surface area contributed by atoms with E-state index in [1.165, 1.54) is 0 Å². The minimum absolute atomic E-state index is 0.194. The minimum atomic E-state index is 0.194. The summed E-state index contributed by atoms with van der Waals surface area (Å²) in [6.45, 7) is 6.91. The molecule has 2 aliphatic heterocycles. The summed E-state index contributed by atoms with van der Waals surface area (Å²) in [6.07, 6.45) is 2.85. The molecule has 5 nitrogen and oxygen atoms in total. The Labute approximate surface area is 109 Å². The maximum absolute atomic E-state index is 12.4. The van der Waals surface area contributed by atoms with Crippen molar-refractivity contribution < 1.29 is 9.53 Å². The summed E-state index contributed by atoms with van der Waals surface area (Å²) >= 11 is 0. The Bertz CT molecular complexity index is 267. The Balaban J connectivity index is 1.82. The van der Waals surface area contributed by atoms with E-state index in [4.69, 9.17) is 10.5 Å². The van der Waals surface area contributed by atoms with E-state index in [0.717, 1.165) is 65.2 Å². The van der Waals surface area contributed by atoms with Gasteiger partial charge in [0, 0.05) is 51.9 Å². The van der Waals surface area contributed by atoms with Gasteiger partial charge in [-0.05, 0) is 25.8 Å². The van der Waals surface area contributed by atoms with Gasteiger partial charge in [0.15, 0.2) is 0 Å². The fourth-order valence-corrected chi connectivity index (χ4v) is 2.80. The average molecular weight is 255 g/mol. The molecule has 104 valence electrons. The Morgan fingerprint density at radius 3 is 2.67 bits per heavy atom. The fourth-order valence-electron chi connectivity index (χ4n) is 2.80. The topological polar surface area (TPSA) is 58.8 Å². The van der Waals surface area contributed by atoms with Gasteiger partial charge in [0.1, 0.15) is 0 Å². The van der Waals surface area contributed by atoms with Crippen molar-refractivity contribution in [3.8, 4) is 0 Å². The van der Waals surface area contributed by atoms with Crippen LogP contribution >= 0.6 is 0 Å². The first-order chi connectivity index (χ1) is 8.81. The van der Waals surface area contributed by atoms with Crippen LogP contribution in [0.25, 0.3) is 0 Å². The third-order valence-electron chi connectivity index (χ3n) is 3.92. The lowest BCUT2D eigenvalue weighted by molar-refractivity contribution is -0.138. The molecule has 2 rings (SSSR count). The van der Waals surface area contributed by atoms with Crippen molar-refractivity contribution in [2.75, 3.05) is 52.5 Å². The van der Waals surface area contributed by atoms with Crippen LogP contribution in [0.3, 0.4) is 0 Å². The van der Waals surface area contributed by atoms with Gasteiger partial charge >= 0.3 is 0 Å². The number of rotatable bonds is 3. The Morgan fingerprint density at radius 2 is 1.94 bits per heavy atom. The molecule has 2 fully saturated rings. The second-order valence-electron chi connectivity index (χ2n) is 5.20. The van der Waals surface area contributed by atoms with E-state index in [2.05, 4.69) is 4.90 Å². The summed E-state index contributed by atoms with van der Waals surface area (Å²) in [7, 11) is 0. The average Bonchev–Trinajstić information content (AvgIpc) is 2.65. The summed E-state index contributed by atoms with van der Waals surface area (Å²) in [5.74, 6) is 0.535. The number of hydrogen-bond donors (Lipinski definition) is 1.